The third-order valence-electron chi connectivity index (χ3n) is 3.48. The monoisotopic (exact) mass is 275 g/mol. The number of fused-ring (bicyclic) bond motifs is 1. The Hall–Kier alpha value is -1.81. The topological polar surface area (TPSA) is 57.8 Å². The summed E-state index contributed by atoms with van der Waals surface area (Å²) in [5.74, 6) is 0.135. The molecule has 5 heteroatoms. The molecule has 0 radical (unpaired) electrons. The number of nitrogens with one attached hydrogen (secondary N) is 2. The third-order valence-corrected chi connectivity index (χ3v) is 3.71. The average molecular weight is 276 g/mol. The minimum atomic E-state index is 0.0215. The molecule has 0 bridgehead atoms. The molecular formula is C14H14ClN3O. The van der Waals surface area contributed by atoms with Gasteiger partial charge in [0.1, 0.15) is 0 Å². The molecule has 2 aromatic rings. The van der Waals surface area contributed by atoms with Gasteiger partial charge in [-0.3, -0.25) is 9.89 Å². The van der Waals surface area contributed by atoms with Crippen molar-refractivity contribution in [1.29, 1.82) is 0 Å². The number of rotatable bonds is 1. The second-order valence-electron chi connectivity index (χ2n) is 4.88. The molecule has 1 atom stereocenters. The van der Waals surface area contributed by atoms with Gasteiger partial charge in [-0.05, 0) is 30.5 Å². The Labute approximate surface area is 116 Å². The smallest absolute Gasteiger partial charge is 0.225 e. The zero-order chi connectivity index (χ0) is 13.4. The molecule has 3 rings (SSSR count). The van der Waals surface area contributed by atoms with E-state index in [0.717, 1.165) is 29.1 Å². The lowest BCUT2D eigenvalue weighted by molar-refractivity contribution is -0.116. The number of aromatic amines is 1. The second-order valence-corrected chi connectivity index (χ2v) is 5.32. The first-order valence-electron chi connectivity index (χ1n) is 6.22. The predicted molar refractivity (Wildman–Crippen MR) is 74.5 cm³/mol. The molecule has 0 saturated heterocycles. The van der Waals surface area contributed by atoms with Gasteiger partial charge in [0.05, 0.1) is 17.1 Å². The van der Waals surface area contributed by atoms with E-state index in [1.54, 1.807) is 0 Å². The van der Waals surface area contributed by atoms with E-state index in [9.17, 15) is 4.79 Å². The van der Waals surface area contributed by atoms with Gasteiger partial charge >= 0.3 is 0 Å². The van der Waals surface area contributed by atoms with E-state index in [4.69, 9.17) is 11.6 Å². The van der Waals surface area contributed by atoms with Gasteiger partial charge < -0.3 is 5.32 Å². The summed E-state index contributed by atoms with van der Waals surface area (Å²) >= 11 is 6.02. The van der Waals surface area contributed by atoms with Gasteiger partial charge in [0.2, 0.25) is 5.91 Å². The Balaban J connectivity index is 1.98. The Morgan fingerprint density at radius 1 is 1.37 bits per heavy atom. The van der Waals surface area contributed by atoms with E-state index in [-0.39, 0.29) is 11.8 Å². The van der Waals surface area contributed by atoms with Gasteiger partial charge in [0.25, 0.3) is 0 Å². The van der Waals surface area contributed by atoms with Crippen LogP contribution in [-0.2, 0) is 11.2 Å². The lowest BCUT2D eigenvalue weighted by Gasteiger charge is -2.13. The number of carbonyl (C=O) groups is 1. The second kappa shape index (κ2) is 4.70. The fourth-order valence-electron chi connectivity index (χ4n) is 2.51. The molecular weight excluding hydrogens is 262 g/mol. The molecule has 0 aliphatic carbocycles. The minimum Gasteiger partial charge on any atom is -0.323 e. The van der Waals surface area contributed by atoms with Crippen LogP contribution in [0.4, 0.5) is 5.69 Å². The third kappa shape index (κ3) is 2.36. The van der Waals surface area contributed by atoms with E-state index in [1.165, 1.54) is 0 Å². The highest BCUT2D eigenvalue weighted by Crippen LogP contribution is 2.32. The molecule has 1 aliphatic rings. The van der Waals surface area contributed by atoms with Crippen LogP contribution in [0.25, 0.3) is 0 Å². The number of aromatic nitrogens is 2. The maximum atomic E-state index is 12.0. The van der Waals surface area contributed by atoms with Gasteiger partial charge in [-0.25, -0.2) is 0 Å². The first-order chi connectivity index (χ1) is 9.13. The Morgan fingerprint density at radius 2 is 2.21 bits per heavy atom. The van der Waals surface area contributed by atoms with Gasteiger partial charge in [0, 0.05) is 17.9 Å². The summed E-state index contributed by atoms with van der Waals surface area (Å²) in [7, 11) is 0. The summed E-state index contributed by atoms with van der Waals surface area (Å²) in [6.45, 7) is 1.91. The number of hydrogen-bond donors (Lipinski definition) is 2. The van der Waals surface area contributed by atoms with Crippen molar-refractivity contribution in [1.82, 2.24) is 10.2 Å². The van der Waals surface area contributed by atoms with Gasteiger partial charge in [-0.15, -0.1) is 0 Å². The van der Waals surface area contributed by atoms with Crippen molar-refractivity contribution < 1.29 is 4.79 Å². The van der Waals surface area contributed by atoms with Crippen LogP contribution in [0.2, 0.25) is 5.02 Å². The Morgan fingerprint density at radius 3 is 3.00 bits per heavy atom. The number of anilines is 1. The molecule has 0 spiro atoms. The van der Waals surface area contributed by atoms with Gasteiger partial charge in [0.15, 0.2) is 0 Å². The summed E-state index contributed by atoms with van der Waals surface area (Å²) in [6, 6.07) is 7.68. The van der Waals surface area contributed by atoms with Crippen molar-refractivity contribution in [3.05, 3.63) is 46.2 Å². The number of H-pyrrole nitrogens is 1. The lowest BCUT2D eigenvalue weighted by atomic mass is 9.91. The van der Waals surface area contributed by atoms with Crippen molar-refractivity contribution in [3.63, 3.8) is 0 Å². The number of aryl methyl sites for hydroxylation is 1. The average Bonchev–Trinajstić information content (AvgIpc) is 2.61. The number of hydrogen-bond acceptors (Lipinski definition) is 2. The number of nitrogens with zero attached hydrogens (tertiary/aromatic N) is 1. The van der Waals surface area contributed by atoms with Crippen molar-refractivity contribution >= 4 is 23.2 Å². The fourth-order valence-corrected chi connectivity index (χ4v) is 2.71. The molecule has 1 aromatic carbocycles. The van der Waals surface area contributed by atoms with Crippen LogP contribution in [0.15, 0.2) is 24.3 Å². The van der Waals surface area contributed by atoms with E-state index >= 15 is 0 Å². The highest BCUT2D eigenvalue weighted by atomic mass is 35.5. The molecule has 1 aliphatic heterocycles. The number of halogens is 1. The summed E-state index contributed by atoms with van der Waals surface area (Å²) in [4.78, 5) is 12.0. The molecule has 1 unspecified atom stereocenters. The van der Waals surface area contributed by atoms with E-state index in [2.05, 4.69) is 15.5 Å². The maximum Gasteiger partial charge on any atom is 0.225 e. The molecule has 98 valence electrons. The highest BCUT2D eigenvalue weighted by molar-refractivity contribution is 6.30. The molecule has 4 nitrogen and oxygen atoms in total. The zero-order valence-electron chi connectivity index (χ0n) is 10.5. The largest absolute Gasteiger partial charge is 0.323 e. The van der Waals surface area contributed by atoms with Crippen molar-refractivity contribution in [2.75, 3.05) is 5.32 Å². The number of benzene rings is 1. The molecule has 2 N–H and O–H groups in total. The van der Waals surface area contributed by atoms with Crippen LogP contribution in [0.1, 0.15) is 29.3 Å². The molecule has 2 heterocycles. The van der Waals surface area contributed by atoms with Crippen LogP contribution in [0.5, 0.6) is 0 Å². The van der Waals surface area contributed by atoms with Crippen LogP contribution in [-0.4, -0.2) is 16.1 Å². The van der Waals surface area contributed by atoms with Gasteiger partial charge in [-0.2, -0.15) is 5.10 Å². The summed E-state index contributed by atoms with van der Waals surface area (Å²) in [5, 5.41) is 10.8. The quantitative estimate of drug-likeness (QED) is 0.840. The van der Waals surface area contributed by atoms with E-state index in [0.29, 0.717) is 11.4 Å². The summed E-state index contributed by atoms with van der Waals surface area (Å²) < 4.78 is 0. The SMILES string of the molecule is Cc1[nH]nc2c1NC(=O)CC(c1cccc(Cl)c1)C2. The molecule has 1 amide bonds. The van der Waals surface area contributed by atoms with Crippen LogP contribution in [0, 0.1) is 6.92 Å². The maximum absolute atomic E-state index is 12.0. The summed E-state index contributed by atoms with van der Waals surface area (Å²) in [6.07, 6.45) is 1.19. The predicted octanol–water partition coefficient (Wildman–Crippen LogP) is 3.04. The van der Waals surface area contributed by atoms with Crippen molar-refractivity contribution in [3.8, 4) is 0 Å². The lowest BCUT2D eigenvalue weighted by Crippen LogP contribution is -2.13. The summed E-state index contributed by atoms with van der Waals surface area (Å²) in [5.41, 5.74) is 3.72. The fraction of sp³-hybridized carbons (Fsp3) is 0.286. The Kier molecular flexibility index (Phi) is 3.03. The molecule has 0 saturated carbocycles. The van der Waals surface area contributed by atoms with Gasteiger partial charge in [-0.1, -0.05) is 23.7 Å². The van der Waals surface area contributed by atoms with Crippen molar-refractivity contribution in [2.24, 2.45) is 0 Å². The van der Waals surface area contributed by atoms with Crippen LogP contribution < -0.4 is 5.32 Å². The molecule has 0 fully saturated rings. The minimum absolute atomic E-state index is 0.0215. The number of amides is 1. The van der Waals surface area contributed by atoms with E-state index in [1.807, 2.05) is 31.2 Å². The molecule has 1 aromatic heterocycles. The number of carbonyl (C=O) groups excluding carboxylic acids is 1. The first-order valence-corrected chi connectivity index (χ1v) is 6.60. The Bertz CT molecular complexity index is 635. The zero-order valence-corrected chi connectivity index (χ0v) is 11.3. The molecule has 19 heavy (non-hydrogen) atoms. The first kappa shape index (κ1) is 12.2. The standard InChI is InChI=1S/C14H14ClN3O/c1-8-14-12(18-17-8)6-10(7-13(19)16-14)9-3-2-4-11(15)5-9/h2-5,10H,6-7H2,1H3,(H,16,19)(H,17,18). The van der Waals surface area contributed by atoms with Crippen LogP contribution >= 0.6 is 11.6 Å². The van der Waals surface area contributed by atoms with E-state index < -0.39 is 0 Å². The van der Waals surface area contributed by atoms with Crippen molar-refractivity contribution in [2.45, 2.75) is 25.7 Å². The normalized spacial score (nSPS) is 18.6. The highest BCUT2D eigenvalue weighted by Gasteiger charge is 2.25. The van der Waals surface area contributed by atoms with Crippen LogP contribution in [0.3, 0.4) is 0 Å².